The van der Waals surface area contributed by atoms with E-state index in [1.807, 2.05) is 47.0 Å². The average Bonchev–Trinajstić information content (AvgIpc) is 2.16. The van der Waals surface area contributed by atoms with Gasteiger partial charge in [0.05, 0.1) is 13.1 Å². The third-order valence-electron chi connectivity index (χ3n) is 1.32. The molecule has 0 aromatic carbocycles. The zero-order valence-electron chi connectivity index (χ0n) is 6.67. The van der Waals surface area contributed by atoms with Crippen molar-refractivity contribution >= 4 is 72.3 Å². The van der Waals surface area contributed by atoms with Crippen molar-refractivity contribution in [2.75, 3.05) is 17.8 Å². The standard InChI is InChI=1S/C6H12S6/c1-9-6-11-4(2-7)10-5(3-8)12-6/h4-8H,2-3H2,1H3. The summed E-state index contributed by atoms with van der Waals surface area (Å²) in [5.41, 5.74) is 0. The van der Waals surface area contributed by atoms with E-state index in [9.17, 15) is 0 Å². The highest BCUT2D eigenvalue weighted by molar-refractivity contribution is 8.41. The van der Waals surface area contributed by atoms with Crippen LogP contribution in [0.5, 0.6) is 0 Å². The molecule has 1 aliphatic heterocycles. The molecule has 12 heavy (non-hydrogen) atoms. The van der Waals surface area contributed by atoms with E-state index in [0.717, 1.165) is 11.5 Å². The maximum Gasteiger partial charge on any atom is 0.0975 e. The van der Waals surface area contributed by atoms with Crippen LogP contribution in [0.15, 0.2) is 0 Å². The Morgan fingerprint density at radius 2 is 1.58 bits per heavy atom. The predicted octanol–water partition coefficient (Wildman–Crippen LogP) is 3.36. The van der Waals surface area contributed by atoms with Gasteiger partial charge in [0, 0.05) is 11.5 Å². The van der Waals surface area contributed by atoms with E-state index in [4.69, 9.17) is 0 Å². The van der Waals surface area contributed by atoms with Crippen LogP contribution in [-0.4, -0.2) is 30.8 Å². The molecule has 0 radical (unpaired) electrons. The minimum atomic E-state index is 0.657. The van der Waals surface area contributed by atoms with Crippen LogP contribution in [0.2, 0.25) is 0 Å². The van der Waals surface area contributed by atoms with E-state index >= 15 is 0 Å². The highest BCUT2D eigenvalue weighted by Gasteiger charge is 2.28. The van der Waals surface area contributed by atoms with Gasteiger partial charge in [0.25, 0.3) is 0 Å². The molecule has 6 heteroatoms. The zero-order valence-corrected chi connectivity index (χ0v) is 11.7. The normalized spacial score (nSPS) is 36.8. The Kier molecular flexibility index (Phi) is 6.65. The van der Waals surface area contributed by atoms with Crippen LogP contribution in [0.3, 0.4) is 0 Å². The summed E-state index contributed by atoms with van der Waals surface area (Å²) in [7, 11) is 0. The van der Waals surface area contributed by atoms with Gasteiger partial charge in [-0.25, -0.2) is 0 Å². The van der Waals surface area contributed by atoms with E-state index in [1.165, 1.54) is 0 Å². The SMILES string of the molecule is CSC1SC(CS)SC(CS)S1. The molecule has 0 amide bonds. The number of thioether (sulfide) groups is 4. The second-order valence-electron chi connectivity index (χ2n) is 2.16. The Labute approximate surface area is 102 Å². The second kappa shape index (κ2) is 6.56. The molecule has 72 valence electrons. The smallest absolute Gasteiger partial charge is 0.0975 e. The molecule has 0 saturated carbocycles. The number of hydrogen-bond donors (Lipinski definition) is 2. The van der Waals surface area contributed by atoms with Crippen LogP contribution in [0.4, 0.5) is 0 Å². The van der Waals surface area contributed by atoms with Crippen LogP contribution >= 0.6 is 72.3 Å². The fourth-order valence-corrected chi connectivity index (χ4v) is 8.80. The molecule has 1 saturated heterocycles. The molecule has 0 aromatic heterocycles. The van der Waals surface area contributed by atoms with Crippen molar-refractivity contribution in [3.63, 3.8) is 0 Å². The minimum absolute atomic E-state index is 0.657. The van der Waals surface area contributed by atoms with Gasteiger partial charge in [-0.15, -0.1) is 47.0 Å². The first-order valence-electron chi connectivity index (χ1n) is 3.51. The summed E-state index contributed by atoms with van der Waals surface area (Å²) in [4.78, 5) is 0. The predicted molar refractivity (Wildman–Crippen MR) is 75.4 cm³/mol. The molecule has 2 unspecified atom stereocenters. The highest BCUT2D eigenvalue weighted by Crippen LogP contribution is 2.50. The van der Waals surface area contributed by atoms with Crippen molar-refractivity contribution in [1.82, 2.24) is 0 Å². The second-order valence-corrected chi connectivity index (χ2v) is 9.36. The Morgan fingerprint density at radius 1 is 1.08 bits per heavy atom. The first kappa shape index (κ1) is 12.2. The molecule has 1 aliphatic rings. The largest absolute Gasteiger partial charge is 0.177 e. The minimum Gasteiger partial charge on any atom is -0.177 e. The van der Waals surface area contributed by atoms with Crippen molar-refractivity contribution in [1.29, 1.82) is 0 Å². The summed E-state index contributed by atoms with van der Waals surface area (Å²) in [6, 6.07) is 0. The topological polar surface area (TPSA) is 0 Å². The van der Waals surface area contributed by atoms with Gasteiger partial charge >= 0.3 is 0 Å². The molecule has 0 nitrogen and oxygen atoms in total. The van der Waals surface area contributed by atoms with Crippen molar-refractivity contribution < 1.29 is 0 Å². The molecule has 0 aliphatic carbocycles. The molecular formula is C6H12S6. The summed E-state index contributed by atoms with van der Waals surface area (Å²) >= 11 is 16.7. The fourth-order valence-electron chi connectivity index (χ4n) is 0.797. The molecule has 0 bridgehead atoms. The Balaban J connectivity index is 2.41. The molecule has 0 aromatic rings. The van der Waals surface area contributed by atoms with E-state index in [-0.39, 0.29) is 0 Å². The van der Waals surface area contributed by atoms with Gasteiger partial charge < -0.3 is 0 Å². The summed E-state index contributed by atoms with van der Waals surface area (Å²) in [6.07, 6.45) is 2.17. The first-order valence-corrected chi connectivity index (χ1v) is 8.89. The molecule has 0 N–H and O–H groups in total. The lowest BCUT2D eigenvalue weighted by Crippen LogP contribution is -2.18. The summed E-state index contributed by atoms with van der Waals surface area (Å²) in [6.45, 7) is 0. The third kappa shape index (κ3) is 3.69. The van der Waals surface area contributed by atoms with Gasteiger partial charge in [0.15, 0.2) is 0 Å². The van der Waals surface area contributed by atoms with Crippen LogP contribution in [0.25, 0.3) is 0 Å². The summed E-state index contributed by atoms with van der Waals surface area (Å²) < 4.78 is 1.99. The lowest BCUT2D eigenvalue weighted by molar-refractivity contribution is 1.37. The lowest BCUT2D eigenvalue weighted by atomic mass is 10.9. The van der Waals surface area contributed by atoms with Crippen molar-refractivity contribution in [2.24, 2.45) is 0 Å². The third-order valence-corrected chi connectivity index (χ3v) is 9.57. The van der Waals surface area contributed by atoms with Crippen LogP contribution < -0.4 is 0 Å². The van der Waals surface area contributed by atoms with Gasteiger partial charge in [-0.2, -0.15) is 25.3 Å². The number of hydrogen-bond acceptors (Lipinski definition) is 6. The Morgan fingerprint density at radius 3 is 1.92 bits per heavy atom. The van der Waals surface area contributed by atoms with Crippen molar-refractivity contribution in [3.8, 4) is 0 Å². The highest BCUT2D eigenvalue weighted by atomic mass is 32.3. The zero-order chi connectivity index (χ0) is 8.97. The molecule has 1 rings (SSSR count). The van der Waals surface area contributed by atoms with Gasteiger partial charge in [0.2, 0.25) is 0 Å². The molecular weight excluding hydrogens is 264 g/mol. The van der Waals surface area contributed by atoms with Gasteiger partial charge in [0.1, 0.15) is 0 Å². The Hall–Kier alpha value is 2.10. The average molecular weight is 277 g/mol. The summed E-state index contributed by atoms with van der Waals surface area (Å²) in [5.74, 6) is 1.94. The fraction of sp³-hybridized carbons (Fsp3) is 1.00. The number of thiol groups is 2. The van der Waals surface area contributed by atoms with Crippen LogP contribution in [0, 0.1) is 0 Å². The Bertz CT molecular complexity index is 99.4. The number of rotatable bonds is 3. The van der Waals surface area contributed by atoms with Crippen LogP contribution in [-0.2, 0) is 0 Å². The molecule has 2 atom stereocenters. The van der Waals surface area contributed by atoms with Gasteiger partial charge in [-0.05, 0) is 6.26 Å². The molecule has 1 heterocycles. The van der Waals surface area contributed by atoms with Crippen molar-refractivity contribution in [3.05, 3.63) is 0 Å². The van der Waals surface area contributed by atoms with E-state index in [2.05, 4.69) is 31.5 Å². The van der Waals surface area contributed by atoms with Gasteiger partial charge in [-0.1, -0.05) is 0 Å². The van der Waals surface area contributed by atoms with E-state index in [0.29, 0.717) is 13.1 Å². The molecule has 0 spiro atoms. The van der Waals surface area contributed by atoms with E-state index in [1.54, 1.807) is 0 Å². The first-order chi connectivity index (χ1) is 5.80. The lowest BCUT2D eigenvalue weighted by Gasteiger charge is -2.31. The maximum absolute atomic E-state index is 4.34. The van der Waals surface area contributed by atoms with Crippen molar-refractivity contribution in [2.45, 2.75) is 13.1 Å². The monoisotopic (exact) mass is 276 g/mol. The maximum atomic E-state index is 4.34. The summed E-state index contributed by atoms with van der Waals surface area (Å²) in [5, 5.41) is 0. The van der Waals surface area contributed by atoms with E-state index < -0.39 is 0 Å². The quantitative estimate of drug-likeness (QED) is 0.758. The van der Waals surface area contributed by atoms with Crippen LogP contribution in [0.1, 0.15) is 0 Å². The van der Waals surface area contributed by atoms with Gasteiger partial charge in [-0.3, -0.25) is 0 Å². The molecule has 1 fully saturated rings.